The van der Waals surface area contributed by atoms with Crippen molar-refractivity contribution < 1.29 is 34.2 Å². The molecule has 0 spiro atoms. The number of hydrogen-bond acceptors (Lipinski definition) is 8. The number of nitrogens with one attached hydrogen (secondary N) is 5. The fourth-order valence-electron chi connectivity index (χ4n) is 2.56. The van der Waals surface area contributed by atoms with Crippen molar-refractivity contribution in [3.63, 3.8) is 0 Å². The first-order valence-electron chi connectivity index (χ1n) is 10.2. The van der Waals surface area contributed by atoms with E-state index in [1.165, 1.54) is 19.2 Å². The van der Waals surface area contributed by atoms with Gasteiger partial charge >= 0.3 is 12.0 Å². The molecule has 182 valence electrons. The highest BCUT2D eigenvalue weighted by molar-refractivity contribution is 5.96. The molecule has 1 aromatic carbocycles. The highest BCUT2D eigenvalue weighted by atomic mass is 16.4. The smallest absolute Gasteiger partial charge is 0.335 e. The number of carboxylic acids is 1. The summed E-state index contributed by atoms with van der Waals surface area (Å²) in [6, 6.07) is 3.98. The predicted octanol–water partition coefficient (Wildman–Crippen LogP) is -1.66. The molecular weight excluding hydrogens is 436 g/mol. The summed E-state index contributed by atoms with van der Waals surface area (Å²) in [6.07, 6.45) is -1.07. The Hall–Kier alpha value is -3.71. The summed E-state index contributed by atoms with van der Waals surface area (Å²) < 4.78 is 0. The van der Waals surface area contributed by atoms with Crippen molar-refractivity contribution in [1.29, 1.82) is 0 Å². The Kier molecular flexibility index (Phi) is 11.9. The molecule has 13 heteroatoms. The van der Waals surface area contributed by atoms with Crippen molar-refractivity contribution in [2.75, 3.05) is 32.0 Å². The lowest BCUT2D eigenvalue weighted by molar-refractivity contribution is -0.124. The van der Waals surface area contributed by atoms with Crippen molar-refractivity contribution in [2.24, 2.45) is 5.73 Å². The maximum atomic E-state index is 12.1. The van der Waals surface area contributed by atoms with E-state index in [2.05, 4.69) is 26.6 Å². The van der Waals surface area contributed by atoms with E-state index in [1.54, 1.807) is 12.1 Å². The Morgan fingerprint density at radius 2 is 1.70 bits per heavy atom. The minimum Gasteiger partial charge on any atom is -0.478 e. The molecular formula is C20H30N6O7. The minimum atomic E-state index is -1.06. The molecule has 2 atom stereocenters. The Morgan fingerprint density at radius 3 is 2.27 bits per heavy atom. The van der Waals surface area contributed by atoms with Crippen molar-refractivity contribution >= 4 is 35.4 Å². The van der Waals surface area contributed by atoms with Crippen LogP contribution in [0.1, 0.15) is 29.6 Å². The molecule has 0 aromatic heterocycles. The number of nitrogens with two attached hydrogens (primary N) is 1. The largest absolute Gasteiger partial charge is 0.478 e. The lowest BCUT2D eigenvalue weighted by Gasteiger charge is -2.17. The zero-order chi connectivity index (χ0) is 24.8. The quantitative estimate of drug-likeness (QED) is 0.167. The zero-order valence-electron chi connectivity index (χ0n) is 18.2. The average molecular weight is 466 g/mol. The van der Waals surface area contributed by atoms with Gasteiger partial charge in [0.1, 0.15) is 6.04 Å². The molecule has 9 N–H and O–H groups in total. The first-order chi connectivity index (χ1) is 15.7. The van der Waals surface area contributed by atoms with Gasteiger partial charge in [0.2, 0.25) is 17.7 Å². The molecule has 0 aliphatic heterocycles. The van der Waals surface area contributed by atoms with Crippen molar-refractivity contribution in [2.45, 2.75) is 31.4 Å². The van der Waals surface area contributed by atoms with Crippen LogP contribution in [0.2, 0.25) is 0 Å². The van der Waals surface area contributed by atoms with Gasteiger partial charge in [0, 0.05) is 45.2 Å². The van der Waals surface area contributed by atoms with E-state index in [0.717, 1.165) is 0 Å². The van der Waals surface area contributed by atoms with Gasteiger partial charge in [-0.15, -0.1) is 0 Å². The molecule has 13 nitrogen and oxygen atoms in total. The first kappa shape index (κ1) is 27.3. The van der Waals surface area contributed by atoms with Gasteiger partial charge in [0.25, 0.3) is 0 Å². The monoisotopic (exact) mass is 466 g/mol. The number of imide groups is 1. The van der Waals surface area contributed by atoms with Gasteiger partial charge in [0.05, 0.1) is 11.7 Å². The predicted molar refractivity (Wildman–Crippen MR) is 118 cm³/mol. The number of rotatable bonds is 13. The number of aliphatic hydroxyl groups is 1. The van der Waals surface area contributed by atoms with E-state index in [-0.39, 0.29) is 44.5 Å². The topological polar surface area (TPSA) is 212 Å². The third kappa shape index (κ3) is 10.9. The number of aromatic carboxylic acids is 1. The number of aliphatic hydroxyl groups excluding tert-OH is 1. The standard InChI is InChI=1S/C20H30N6O7/c1-22-18(30)15(6-7-16(28)24-11-14(27)10-21)25-20(33)26-17(29)8-9-23-13-4-2-12(3-5-13)19(31)32/h2-5,14-15,23,27H,6-11,21H2,1H3,(H,22,30)(H,24,28)(H,31,32)(H2,25,26,29,33)/t14?,15-/m0/s1. The number of carboxylic acid groups (broad SMARTS) is 1. The van der Waals surface area contributed by atoms with Crippen LogP contribution in [0.3, 0.4) is 0 Å². The molecule has 1 rings (SSSR count). The van der Waals surface area contributed by atoms with Gasteiger partial charge in [-0.1, -0.05) is 0 Å². The van der Waals surface area contributed by atoms with Crippen LogP contribution in [0, 0.1) is 0 Å². The third-order valence-corrected chi connectivity index (χ3v) is 4.40. The second-order valence-corrected chi connectivity index (χ2v) is 6.98. The van der Waals surface area contributed by atoms with Gasteiger partial charge in [-0.2, -0.15) is 0 Å². The summed E-state index contributed by atoms with van der Waals surface area (Å²) in [5.74, 6) is -2.63. The van der Waals surface area contributed by atoms with Crippen molar-refractivity contribution in [3.05, 3.63) is 29.8 Å². The third-order valence-electron chi connectivity index (χ3n) is 4.40. The average Bonchev–Trinajstić information content (AvgIpc) is 2.79. The van der Waals surface area contributed by atoms with Crippen LogP contribution in [-0.4, -0.2) is 78.8 Å². The van der Waals surface area contributed by atoms with Crippen molar-refractivity contribution in [1.82, 2.24) is 21.3 Å². The van der Waals surface area contributed by atoms with E-state index in [4.69, 9.17) is 10.8 Å². The summed E-state index contributed by atoms with van der Waals surface area (Å²) in [5, 5.41) is 30.4. The van der Waals surface area contributed by atoms with E-state index >= 15 is 0 Å². The fraction of sp³-hybridized carbons (Fsp3) is 0.450. The van der Waals surface area contributed by atoms with Crippen LogP contribution >= 0.6 is 0 Å². The Labute approximate surface area is 190 Å². The van der Waals surface area contributed by atoms with E-state index in [1.807, 2.05) is 0 Å². The van der Waals surface area contributed by atoms with E-state index < -0.39 is 41.9 Å². The number of likely N-dealkylation sites (N-methyl/N-ethyl adjacent to an activating group) is 1. The number of hydrogen-bond donors (Lipinski definition) is 8. The molecule has 0 saturated heterocycles. The molecule has 0 fully saturated rings. The molecule has 0 aliphatic carbocycles. The highest BCUT2D eigenvalue weighted by Gasteiger charge is 2.21. The van der Waals surface area contributed by atoms with Crippen LogP contribution in [0.15, 0.2) is 24.3 Å². The number of anilines is 1. The maximum Gasteiger partial charge on any atom is 0.335 e. The molecule has 0 bridgehead atoms. The van der Waals surface area contributed by atoms with E-state index in [9.17, 15) is 29.1 Å². The van der Waals surface area contributed by atoms with Crippen LogP contribution in [0.25, 0.3) is 0 Å². The summed E-state index contributed by atoms with van der Waals surface area (Å²) >= 11 is 0. The summed E-state index contributed by atoms with van der Waals surface area (Å²) in [7, 11) is 1.37. The summed E-state index contributed by atoms with van der Waals surface area (Å²) in [4.78, 5) is 58.7. The Morgan fingerprint density at radius 1 is 1.03 bits per heavy atom. The SMILES string of the molecule is CNC(=O)[C@H](CCC(=O)NCC(O)CN)NC(=O)NC(=O)CCNc1ccc(C(=O)O)cc1. The van der Waals surface area contributed by atoms with Gasteiger partial charge in [-0.3, -0.25) is 19.7 Å². The van der Waals surface area contributed by atoms with Gasteiger partial charge in [-0.05, 0) is 30.7 Å². The van der Waals surface area contributed by atoms with Crippen LogP contribution in [0.4, 0.5) is 10.5 Å². The lowest BCUT2D eigenvalue weighted by atomic mass is 10.1. The fourth-order valence-corrected chi connectivity index (χ4v) is 2.56. The normalized spacial score (nSPS) is 12.1. The lowest BCUT2D eigenvalue weighted by Crippen LogP contribution is -2.51. The zero-order valence-corrected chi connectivity index (χ0v) is 18.2. The second kappa shape index (κ2) is 14.4. The molecule has 0 saturated carbocycles. The molecule has 0 radical (unpaired) electrons. The first-order valence-corrected chi connectivity index (χ1v) is 10.2. The second-order valence-electron chi connectivity index (χ2n) is 6.98. The van der Waals surface area contributed by atoms with Crippen molar-refractivity contribution in [3.8, 4) is 0 Å². The molecule has 0 aliphatic rings. The molecule has 33 heavy (non-hydrogen) atoms. The van der Waals surface area contributed by atoms with Gasteiger partial charge in [-0.25, -0.2) is 9.59 Å². The number of carbonyl (C=O) groups excluding carboxylic acids is 4. The summed E-state index contributed by atoms with van der Waals surface area (Å²) in [5.41, 5.74) is 5.98. The van der Waals surface area contributed by atoms with Crippen LogP contribution in [0.5, 0.6) is 0 Å². The highest BCUT2D eigenvalue weighted by Crippen LogP contribution is 2.09. The molecule has 1 aromatic rings. The van der Waals surface area contributed by atoms with E-state index in [0.29, 0.717) is 5.69 Å². The Balaban J connectivity index is 2.42. The maximum absolute atomic E-state index is 12.1. The number of amides is 5. The van der Waals surface area contributed by atoms with Crippen LogP contribution < -0.4 is 32.3 Å². The molecule has 5 amide bonds. The van der Waals surface area contributed by atoms with Crippen LogP contribution in [-0.2, 0) is 14.4 Å². The number of carbonyl (C=O) groups is 5. The summed E-state index contributed by atoms with van der Waals surface area (Å²) in [6.45, 7) is 0.142. The minimum absolute atomic E-state index is 0.0105. The molecule has 1 unspecified atom stereocenters. The van der Waals surface area contributed by atoms with Gasteiger partial charge < -0.3 is 37.2 Å². The number of urea groups is 1. The Bertz CT molecular complexity index is 831. The molecule has 0 heterocycles. The van der Waals surface area contributed by atoms with Gasteiger partial charge in [0.15, 0.2) is 0 Å². The number of benzene rings is 1.